The zero-order valence-electron chi connectivity index (χ0n) is 12.3. The maximum Gasteiger partial charge on any atom is 0.321 e. The molecule has 2 atom stereocenters. The Kier molecular flexibility index (Phi) is 5.72. The van der Waals surface area contributed by atoms with Crippen LogP contribution in [0.5, 0.6) is 0 Å². The molecule has 2 N–H and O–H groups in total. The molecule has 1 saturated heterocycles. The largest absolute Gasteiger partial charge is 0.373 e. The quantitative estimate of drug-likeness (QED) is 0.876. The van der Waals surface area contributed by atoms with Crippen molar-refractivity contribution in [1.82, 2.24) is 15.5 Å². The van der Waals surface area contributed by atoms with Crippen molar-refractivity contribution in [2.75, 3.05) is 19.6 Å². The summed E-state index contributed by atoms with van der Waals surface area (Å²) < 4.78 is 5.61. The van der Waals surface area contributed by atoms with Crippen LogP contribution in [0.2, 0.25) is 0 Å². The molecule has 0 aromatic carbocycles. The van der Waals surface area contributed by atoms with Crippen LogP contribution in [0.15, 0.2) is 17.5 Å². The van der Waals surface area contributed by atoms with Crippen LogP contribution in [0.3, 0.4) is 0 Å². The van der Waals surface area contributed by atoms with Crippen LogP contribution in [-0.4, -0.2) is 48.7 Å². The summed E-state index contributed by atoms with van der Waals surface area (Å²) in [5.41, 5.74) is 0. The van der Waals surface area contributed by atoms with Gasteiger partial charge in [0.2, 0.25) is 5.91 Å². The van der Waals surface area contributed by atoms with Gasteiger partial charge in [0, 0.05) is 18.0 Å². The Labute approximate surface area is 128 Å². The third-order valence-corrected chi connectivity index (χ3v) is 4.00. The molecular weight excluding hydrogens is 290 g/mol. The molecule has 0 saturated carbocycles. The number of ether oxygens (including phenoxy) is 1. The van der Waals surface area contributed by atoms with Gasteiger partial charge in [-0.2, -0.15) is 0 Å². The zero-order valence-corrected chi connectivity index (χ0v) is 13.1. The highest BCUT2D eigenvalue weighted by molar-refractivity contribution is 7.09. The van der Waals surface area contributed by atoms with Crippen molar-refractivity contribution in [3.8, 4) is 0 Å². The van der Waals surface area contributed by atoms with E-state index in [2.05, 4.69) is 10.6 Å². The minimum absolute atomic E-state index is 0.106. The SMILES string of the molecule is CC1CN(CC(=O)NC(=O)NCc2cccs2)CC(C)O1. The number of rotatable bonds is 4. The van der Waals surface area contributed by atoms with Crippen molar-refractivity contribution >= 4 is 23.3 Å². The first-order chi connectivity index (χ1) is 10.0. The maximum atomic E-state index is 11.8. The number of carbonyl (C=O) groups is 2. The van der Waals surface area contributed by atoms with Gasteiger partial charge in [0.1, 0.15) is 0 Å². The number of thiophene rings is 1. The molecule has 0 aliphatic carbocycles. The summed E-state index contributed by atoms with van der Waals surface area (Å²) in [6, 6.07) is 3.40. The van der Waals surface area contributed by atoms with E-state index in [1.165, 1.54) is 0 Å². The normalized spacial score (nSPS) is 22.8. The molecule has 1 aliphatic heterocycles. The molecule has 3 amide bonds. The van der Waals surface area contributed by atoms with Gasteiger partial charge in [-0.25, -0.2) is 4.79 Å². The fourth-order valence-electron chi connectivity index (χ4n) is 2.41. The summed E-state index contributed by atoms with van der Waals surface area (Å²) in [6.07, 6.45) is 0.211. The fourth-order valence-corrected chi connectivity index (χ4v) is 3.05. The molecule has 1 fully saturated rings. The number of amides is 3. The van der Waals surface area contributed by atoms with Crippen LogP contribution in [-0.2, 0) is 16.1 Å². The summed E-state index contributed by atoms with van der Waals surface area (Å²) in [4.78, 5) is 26.5. The molecule has 2 unspecified atom stereocenters. The number of nitrogens with one attached hydrogen (secondary N) is 2. The second-order valence-electron chi connectivity index (χ2n) is 5.26. The first-order valence-corrected chi connectivity index (χ1v) is 7.89. The van der Waals surface area contributed by atoms with Gasteiger partial charge in [-0.15, -0.1) is 11.3 Å². The zero-order chi connectivity index (χ0) is 15.2. The highest BCUT2D eigenvalue weighted by Gasteiger charge is 2.24. The first kappa shape index (κ1) is 15.9. The lowest BCUT2D eigenvalue weighted by molar-refractivity contribution is -0.124. The topological polar surface area (TPSA) is 70.7 Å². The standard InChI is InChI=1S/C14H21N3O3S/c1-10-7-17(8-11(2)20-10)9-13(18)16-14(19)15-6-12-4-3-5-21-12/h3-5,10-11H,6-9H2,1-2H3,(H2,15,16,18,19). The van der Waals surface area contributed by atoms with Gasteiger partial charge in [-0.05, 0) is 25.3 Å². The van der Waals surface area contributed by atoms with Crippen LogP contribution in [0.25, 0.3) is 0 Å². The molecule has 0 spiro atoms. The van der Waals surface area contributed by atoms with Crippen molar-refractivity contribution in [2.45, 2.75) is 32.6 Å². The predicted octanol–water partition coefficient (Wildman–Crippen LogP) is 1.18. The lowest BCUT2D eigenvalue weighted by Gasteiger charge is -2.34. The summed E-state index contributed by atoms with van der Waals surface area (Å²) in [5.74, 6) is -0.292. The van der Waals surface area contributed by atoms with Crippen molar-refractivity contribution < 1.29 is 14.3 Å². The van der Waals surface area contributed by atoms with Crippen LogP contribution in [0, 0.1) is 0 Å². The highest BCUT2D eigenvalue weighted by Crippen LogP contribution is 2.10. The number of hydrogen-bond acceptors (Lipinski definition) is 5. The number of imide groups is 1. The van der Waals surface area contributed by atoms with Crippen LogP contribution in [0.1, 0.15) is 18.7 Å². The van der Waals surface area contributed by atoms with E-state index in [1.54, 1.807) is 11.3 Å². The molecule has 6 nitrogen and oxygen atoms in total. The molecular formula is C14H21N3O3S. The second kappa shape index (κ2) is 7.53. The Morgan fingerprint density at radius 1 is 1.38 bits per heavy atom. The summed E-state index contributed by atoms with van der Waals surface area (Å²) in [5, 5.41) is 6.96. The van der Waals surface area contributed by atoms with Crippen LogP contribution in [0.4, 0.5) is 4.79 Å². The number of morpholine rings is 1. The molecule has 0 bridgehead atoms. The smallest absolute Gasteiger partial charge is 0.321 e. The number of carbonyl (C=O) groups excluding carboxylic acids is 2. The molecule has 21 heavy (non-hydrogen) atoms. The van der Waals surface area contributed by atoms with E-state index in [-0.39, 0.29) is 24.7 Å². The van der Waals surface area contributed by atoms with Gasteiger partial charge in [-0.1, -0.05) is 6.07 Å². The molecule has 0 radical (unpaired) electrons. The molecule has 2 heterocycles. The molecule has 1 aliphatic rings. The van der Waals surface area contributed by atoms with Gasteiger partial charge in [-0.3, -0.25) is 15.0 Å². The van der Waals surface area contributed by atoms with Gasteiger partial charge >= 0.3 is 6.03 Å². The Balaban J connectivity index is 1.69. The van der Waals surface area contributed by atoms with Crippen LogP contribution >= 0.6 is 11.3 Å². The van der Waals surface area contributed by atoms with Crippen molar-refractivity contribution in [2.24, 2.45) is 0 Å². The number of urea groups is 1. The number of hydrogen-bond donors (Lipinski definition) is 2. The average Bonchev–Trinajstić information content (AvgIpc) is 2.87. The van der Waals surface area contributed by atoms with Crippen molar-refractivity contribution in [3.05, 3.63) is 22.4 Å². The van der Waals surface area contributed by atoms with E-state index in [0.29, 0.717) is 19.6 Å². The average molecular weight is 311 g/mol. The van der Waals surface area contributed by atoms with E-state index in [0.717, 1.165) is 4.88 Å². The Morgan fingerprint density at radius 3 is 2.71 bits per heavy atom. The summed E-state index contributed by atoms with van der Waals surface area (Å²) >= 11 is 1.56. The van der Waals surface area contributed by atoms with Crippen LogP contribution < -0.4 is 10.6 Å². The van der Waals surface area contributed by atoms with Gasteiger partial charge in [0.15, 0.2) is 0 Å². The monoisotopic (exact) mass is 311 g/mol. The lowest BCUT2D eigenvalue weighted by Crippen LogP contribution is -2.50. The summed E-state index contributed by atoms with van der Waals surface area (Å²) in [7, 11) is 0. The minimum atomic E-state index is -0.456. The van der Waals surface area contributed by atoms with E-state index in [4.69, 9.17) is 4.74 Å². The maximum absolute atomic E-state index is 11.8. The molecule has 2 rings (SSSR count). The highest BCUT2D eigenvalue weighted by atomic mass is 32.1. The third-order valence-electron chi connectivity index (χ3n) is 3.12. The second-order valence-corrected chi connectivity index (χ2v) is 6.29. The summed E-state index contributed by atoms with van der Waals surface area (Å²) in [6.45, 7) is 6.01. The number of nitrogens with zero attached hydrogens (tertiary/aromatic N) is 1. The Hall–Kier alpha value is -1.44. The molecule has 1 aromatic heterocycles. The van der Waals surface area contributed by atoms with Gasteiger partial charge < -0.3 is 10.1 Å². The van der Waals surface area contributed by atoms with E-state index in [9.17, 15) is 9.59 Å². The van der Waals surface area contributed by atoms with Crippen molar-refractivity contribution in [1.29, 1.82) is 0 Å². The Bertz CT molecular complexity index is 468. The van der Waals surface area contributed by atoms with Gasteiger partial charge in [0.25, 0.3) is 0 Å². The molecule has 7 heteroatoms. The van der Waals surface area contributed by atoms with E-state index >= 15 is 0 Å². The lowest BCUT2D eigenvalue weighted by atomic mass is 10.2. The first-order valence-electron chi connectivity index (χ1n) is 7.01. The van der Waals surface area contributed by atoms with Gasteiger partial charge in [0.05, 0.1) is 25.3 Å². The molecule has 116 valence electrons. The third kappa shape index (κ3) is 5.45. The van der Waals surface area contributed by atoms with Crippen molar-refractivity contribution in [3.63, 3.8) is 0 Å². The predicted molar refractivity (Wildman–Crippen MR) is 81.1 cm³/mol. The Morgan fingerprint density at radius 2 is 2.10 bits per heavy atom. The minimum Gasteiger partial charge on any atom is -0.373 e. The van der Waals surface area contributed by atoms with E-state index < -0.39 is 6.03 Å². The fraction of sp³-hybridized carbons (Fsp3) is 0.571. The van der Waals surface area contributed by atoms with E-state index in [1.807, 2.05) is 36.3 Å². The molecule has 1 aromatic rings.